The van der Waals surface area contributed by atoms with Gasteiger partial charge < -0.3 is 4.74 Å². The van der Waals surface area contributed by atoms with Crippen molar-refractivity contribution in [1.29, 1.82) is 0 Å². The molecule has 1 N–H and O–H groups in total. The number of benzene rings is 1. The Balaban J connectivity index is 2.07. The Kier molecular flexibility index (Phi) is 4.32. The van der Waals surface area contributed by atoms with Crippen molar-refractivity contribution < 1.29 is 9.73 Å². The lowest BCUT2D eigenvalue weighted by Crippen LogP contribution is -2.64. The number of rotatable bonds is 1. The minimum absolute atomic E-state index is 0.0368. The summed E-state index contributed by atoms with van der Waals surface area (Å²) >= 11 is 0. The lowest BCUT2D eigenvalue weighted by Gasteiger charge is -2.32. The molecule has 0 saturated heterocycles. The summed E-state index contributed by atoms with van der Waals surface area (Å²) in [7, 11) is 0. The molecule has 1 aromatic rings. The molecule has 130 valence electrons. The molecule has 2 aliphatic heterocycles. The first-order valence-corrected chi connectivity index (χ1v) is 8.88. The summed E-state index contributed by atoms with van der Waals surface area (Å²) < 4.78 is 6.25. The molecule has 0 fully saturated rings. The Hall–Kier alpha value is -2.35. The van der Waals surface area contributed by atoms with Crippen LogP contribution in [-0.4, -0.2) is 6.21 Å². The van der Waals surface area contributed by atoms with Crippen molar-refractivity contribution in [2.45, 2.75) is 41.5 Å². The highest BCUT2D eigenvalue weighted by Crippen LogP contribution is 2.39. The lowest BCUT2D eigenvalue weighted by atomic mass is 9.86. The molecule has 0 spiro atoms. The van der Waals surface area contributed by atoms with Gasteiger partial charge in [0.15, 0.2) is 6.21 Å². The first kappa shape index (κ1) is 17.5. The van der Waals surface area contributed by atoms with Gasteiger partial charge in [0.25, 0.3) is 0 Å². The molecule has 2 aliphatic rings. The molecule has 0 aromatic heterocycles. The maximum Gasteiger partial charge on any atom is 0.211 e. The number of nitrogens with one attached hydrogen (secondary N) is 1. The molecule has 2 nitrogen and oxygen atoms in total. The average Bonchev–Trinajstić information content (AvgIpc) is 3.04. The van der Waals surface area contributed by atoms with Crippen LogP contribution >= 0.6 is 0 Å². The summed E-state index contributed by atoms with van der Waals surface area (Å²) in [4.78, 5) is 3.44. The second kappa shape index (κ2) is 6.18. The molecular formula is C23H28NO+. The van der Waals surface area contributed by atoms with Crippen LogP contribution in [-0.2, 0) is 4.74 Å². The van der Waals surface area contributed by atoms with Crippen molar-refractivity contribution in [3.05, 3.63) is 76.9 Å². The van der Waals surface area contributed by atoms with Gasteiger partial charge in [-0.1, -0.05) is 71.9 Å². The molecular weight excluding hydrogens is 306 g/mol. The quantitative estimate of drug-likeness (QED) is 0.809. The fourth-order valence-electron chi connectivity index (χ4n) is 2.75. The molecule has 0 saturated carbocycles. The fraction of sp³-hybridized carbons (Fsp3) is 0.348. The topological polar surface area (TPSA) is 23.2 Å². The van der Waals surface area contributed by atoms with E-state index in [1.165, 1.54) is 16.7 Å². The van der Waals surface area contributed by atoms with Crippen LogP contribution < -0.4 is 4.99 Å². The number of allylic oxidation sites excluding steroid dienone is 7. The Morgan fingerprint density at radius 2 is 1.32 bits per heavy atom. The maximum absolute atomic E-state index is 6.25. The summed E-state index contributed by atoms with van der Waals surface area (Å²) in [5.74, 6) is 2.01. The highest BCUT2D eigenvalue weighted by Gasteiger charge is 2.30. The molecule has 0 bridgehead atoms. The van der Waals surface area contributed by atoms with Crippen molar-refractivity contribution in [2.75, 3.05) is 0 Å². The zero-order valence-electron chi connectivity index (χ0n) is 16.1. The van der Waals surface area contributed by atoms with Crippen LogP contribution in [0.3, 0.4) is 0 Å². The van der Waals surface area contributed by atoms with E-state index in [1.807, 2.05) is 6.07 Å². The minimum atomic E-state index is -0.0368. The van der Waals surface area contributed by atoms with Gasteiger partial charge in [0.1, 0.15) is 11.5 Å². The van der Waals surface area contributed by atoms with E-state index in [0.29, 0.717) is 0 Å². The van der Waals surface area contributed by atoms with Gasteiger partial charge in [-0.3, -0.25) is 0 Å². The molecule has 2 heterocycles. The average molecular weight is 334 g/mol. The summed E-state index contributed by atoms with van der Waals surface area (Å²) in [6.45, 7) is 13.1. The summed E-state index contributed by atoms with van der Waals surface area (Å²) in [5, 5.41) is 0. The molecule has 3 rings (SSSR count). The Morgan fingerprint density at radius 3 is 1.84 bits per heavy atom. The monoisotopic (exact) mass is 334 g/mol. The van der Waals surface area contributed by atoms with Crippen LogP contribution in [0.15, 0.2) is 71.3 Å². The van der Waals surface area contributed by atoms with E-state index in [1.54, 1.807) is 0 Å². The Morgan fingerprint density at radius 1 is 0.760 bits per heavy atom. The van der Waals surface area contributed by atoms with Crippen molar-refractivity contribution in [2.24, 2.45) is 10.8 Å². The summed E-state index contributed by atoms with van der Waals surface area (Å²) in [6, 6.07) is 10.4. The molecule has 25 heavy (non-hydrogen) atoms. The molecule has 0 atom stereocenters. The van der Waals surface area contributed by atoms with Crippen LogP contribution in [0.5, 0.6) is 0 Å². The Bertz CT molecular complexity index is 787. The normalized spacial score (nSPS) is 17.9. The zero-order valence-corrected chi connectivity index (χ0v) is 16.1. The highest BCUT2D eigenvalue weighted by molar-refractivity contribution is 6.09. The van der Waals surface area contributed by atoms with Gasteiger partial charge in [-0.25, -0.2) is 4.99 Å². The third-order valence-electron chi connectivity index (χ3n) is 4.37. The van der Waals surface area contributed by atoms with Crippen LogP contribution in [0.1, 0.15) is 47.1 Å². The van der Waals surface area contributed by atoms with E-state index in [0.717, 1.165) is 17.2 Å². The predicted molar refractivity (Wildman–Crippen MR) is 105 cm³/mol. The maximum atomic E-state index is 6.25. The van der Waals surface area contributed by atoms with E-state index in [4.69, 9.17) is 4.74 Å². The van der Waals surface area contributed by atoms with Crippen molar-refractivity contribution in [1.82, 2.24) is 0 Å². The van der Waals surface area contributed by atoms with Gasteiger partial charge in [-0.2, -0.15) is 0 Å². The van der Waals surface area contributed by atoms with E-state index in [-0.39, 0.29) is 10.8 Å². The number of hydrogen-bond acceptors (Lipinski definition) is 1. The molecule has 1 aromatic carbocycles. The van der Waals surface area contributed by atoms with Crippen LogP contribution in [0, 0.1) is 10.8 Å². The molecule has 0 radical (unpaired) electrons. The second-order valence-electron chi connectivity index (χ2n) is 8.74. The standard InChI is InChI=1S/C23H27NO/c1-22(2,3)20-13-17(14-21(25-20)23(4,5)6)19-12-18(15-24-19)16-10-8-7-9-11-16/h7-15H,1-6H3/p+1. The van der Waals surface area contributed by atoms with Crippen molar-refractivity contribution in [3.63, 3.8) is 0 Å². The third kappa shape index (κ3) is 3.84. The lowest BCUT2D eigenvalue weighted by molar-refractivity contribution is -0.381. The predicted octanol–water partition coefficient (Wildman–Crippen LogP) is 4.38. The van der Waals surface area contributed by atoms with Crippen LogP contribution in [0.4, 0.5) is 0 Å². The smallest absolute Gasteiger partial charge is 0.211 e. The number of hydrogen-bond donors (Lipinski definition) is 1. The summed E-state index contributed by atoms with van der Waals surface area (Å²) in [5.41, 5.74) is 4.63. The van der Waals surface area contributed by atoms with Gasteiger partial charge in [0, 0.05) is 16.9 Å². The van der Waals surface area contributed by atoms with E-state index in [2.05, 4.69) is 95.2 Å². The Labute approximate surface area is 151 Å². The van der Waals surface area contributed by atoms with E-state index in [9.17, 15) is 0 Å². The largest absolute Gasteiger partial charge is 0.465 e. The van der Waals surface area contributed by atoms with Crippen LogP contribution in [0.2, 0.25) is 0 Å². The van der Waals surface area contributed by atoms with Gasteiger partial charge in [-0.15, -0.1) is 0 Å². The third-order valence-corrected chi connectivity index (χ3v) is 4.37. The molecule has 0 unspecified atom stereocenters. The van der Waals surface area contributed by atoms with Gasteiger partial charge in [-0.05, 0) is 17.7 Å². The SMILES string of the molecule is CC(C)(C)C1=CC(=C2C=C(c3ccccc3)C=[NH+]2)C=C(C(C)(C)C)O1. The molecule has 0 aliphatic carbocycles. The molecule has 2 heteroatoms. The summed E-state index contributed by atoms with van der Waals surface area (Å²) in [6.07, 6.45) is 8.61. The first-order chi connectivity index (χ1) is 11.6. The van der Waals surface area contributed by atoms with Crippen LogP contribution in [0.25, 0.3) is 5.57 Å². The minimum Gasteiger partial charge on any atom is -0.465 e. The fourth-order valence-corrected chi connectivity index (χ4v) is 2.75. The second-order valence-corrected chi connectivity index (χ2v) is 8.74. The van der Waals surface area contributed by atoms with Gasteiger partial charge >= 0.3 is 0 Å². The van der Waals surface area contributed by atoms with Gasteiger partial charge in [0.2, 0.25) is 5.70 Å². The van der Waals surface area contributed by atoms with Crippen molar-refractivity contribution in [3.8, 4) is 0 Å². The zero-order chi connectivity index (χ0) is 18.2. The number of ether oxygens (including phenoxy) is 1. The first-order valence-electron chi connectivity index (χ1n) is 8.88. The van der Waals surface area contributed by atoms with E-state index < -0.39 is 0 Å². The van der Waals surface area contributed by atoms with Gasteiger partial charge in [0.05, 0.1) is 11.1 Å². The highest BCUT2D eigenvalue weighted by atomic mass is 16.5. The van der Waals surface area contributed by atoms with E-state index >= 15 is 0 Å². The molecule has 0 amide bonds. The van der Waals surface area contributed by atoms with Crippen molar-refractivity contribution >= 4 is 11.8 Å².